The summed E-state index contributed by atoms with van der Waals surface area (Å²) in [6.07, 6.45) is 0.367. The second-order valence-corrected chi connectivity index (χ2v) is 6.46. The van der Waals surface area contributed by atoms with E-state index in [1.54, 1.807) is 34.6 Å². The predicted octanol–water partition coefficient (Wildman–Crippen LogP) is 2.96. The Kier molecular flexibility index (Phi) is 6.02. The minimum atomic E-state index is -0.901. The zero-order valence-electron chi connectivity index (χ0n) is 11.5. The molecule has 0 rings (SSSR count). The first kappa shape index (κ1) is 16.3. The molecule has 0 fully saturated rings. The average Bonchev–Trinajstić information content (AvgIpc) is 2.09. The van der Waals surface area contributed by atoms with Gasteiger partial charge in [0, 0.05) is 5.75 Å². The lowest BCUT2D eigenvalue weighted by atomic mass is 10.1. The number of amides is 1. The summed E-state index contributed by atoms with van der Waals surface area (Å²) in [4.78, 5) is 23.4. The highest BCUT2D eigenvalue weighted by Gasteiger charge is 2.31. The molecule has 1 N–H and O–H groups in total. The van der Waals surface area contributed by atoms with E-state index in [0.29, 0.717) is 0 Å². The lowest BCUT2D eigenvalue weighted by Crippen LogP contribution is -2.50. The number of alkyl carbamates (subject to hydrolysis) is 1. The summed E-state index contributed by atoms with van der Waals surface area (Å²) in [5.41, 5.74) is -1.46. The molecule has 0 saturated heterocycles. The quantitative estimate of drug-likeness (QED) is 0.845. The zero-order valence-corrected chi connectivity index (χ0v) is 12.4. The number of carbonyl (C=O) groups excluding carboxylic acids is 2. The summed E-state index contributed by atoms with van der Waals surface area (Å²) < 4.78 is 5.12. The van der Waals surface area contributed by atoms with Crippen molar-refractivity contribution in [2.45, 2.75) is 59.1 Å². The van der Waals surface area contributed by atoms with Crippen LogP contribution in [0.3, 0.4) is 0 Å². The first-order valence-electron chi connectivity index (χ1n) is 5.77. The van der Waals surface area contributed by atoms with Gasteiger partial charge in [0.05, 0.1) is 0 Å². The summed E-state index contributed by atoms with van der Waals surface area (Å²) in [6, 6.07) is 0. The van der Waals surface area contributed by atoms with E-state index in [1.807, 2.05) is 6.92 Å². The fourth-order valence-electron chi connectivity index (χ4n) is 0.985. The number of hydrogen-bond acceptors (Lipinski definition) is 4. The van der Waals surface area contributed by atoms with Crippen LogP contribution in [0.25, 0.3) is 0 Å². The van der Waals surface area contributed by atoms with Gasteiger partial charge in [-0.25, -0.2) is 4.79 Å². The summed E-state index contributed by atoms with van der Waals surface area (Å²) in [5, 5.41) is 2.54. The van der Waals surface area contributed by atoms with Crippen molar-refractivity contribution in [1.29, 1.82) is 0 Å². The fourth-order valence-corrected chi connectivity index (χ4v) is 1.79. The van der Waals surface area contributed by atoms with Gasteiger partial charge < -0.3 is 10.1 Å². The SMILES string of the molecule is CCCSC(=O)C(C)(C)NC(=O)OC(C)(C)C. The van der Waals surface area contributed by atoms with Gasteiger partial charge in [-0.15, -0.1) is 0 Å². The van der Waals surface area contributed by atoms with Crippen molar-refractivity contribution >= 4 is 23.0 Å². The normalized spacial score (nSPS) is 12.1. The highest BCUT2D eigenvalue weighted by molar-refractivity contribution is 8.13. The number of thioether (sulfide) groups is 1. The molecule has 0 aromatic carbocycles. The maximum Gasteiger partial charge on any atom is 0.408 e. The summed E-state index contributed by atoms with van der Waals surface area (Å²) >= 11 is 1.23. The summed E-state index contributed by atoms with van der Waals surface area (Å²) in [7, 11) is 0. The van der Waals surface area contributed by atoms with Crippen LogP contribution >= 0.6 is 11.8 Å². The molecule has 0 bridgehead atoms. The molecule has 5 heteroatoms. The standard InChI is InChI=1S/C12H23NO3S/c1-7-8-17-9(14)12(5,6)13-10(15)16-11(2,3)4/h7-8H2,1-6H3,(H,13,15). The Hall–Kier alpha value is -0.710. The second-order valence-electron chi connectivity index (χ2n) is 5.39. The van der Waals surface area contributed by atoms with Crippen molar-refractivity contribution in [3.8, 4) is 0 Å². The van der Waals surface area contributed by atoms with E-state index in [-0.39, 0.29) is 5.12 Å². The van der Waals surface area contributed by atoms with E-state index in [0.717, 1.165) is 12.2 Å². The van der Waals surface area contributed by atoms with Crippen molar-refractivity contribution in [2.75, 3.05) is 5.75 Å². The molecule has 0 aliphatic heterocycles. The first-order chi connectivity index (χ1) is 7.58. The molecule has 0 aliphatic carbocycles. The van der Waals surface area contributed by atoms with Crippen molar-refractivity contribution in [1.82, 2.24) is 5.32 Å². The van der Waals surface area contributed by atoms with Gasteiger partial charge in [-0.3, -0.25) is 4.79 Å². The van der Waals surface area contributed by atoms with Crippen LogP contribution in [-0.2, 0) is 9.53 Å². The lowest BCUT2D eigenvalue weighted by Gasteiger charge is -2.27. The van der Waals surface area contributed by atoms with E-state index in [4.69, 9.17) is 4.74 Å². The lowest BCUT2D eigenvalue weighted by molar-refractivity contribution is -0.115. The van der Waals surface area contributed by atoms with Gasteiger partial charge in [-0.2, -0.15) is 0 Å². The van der Waals surface area contributed by atoms with Crippen molar-refractivity contribution in [3.05, 3.63) is 0 Å². The molecule has 0 atom stereocenters. The van der Waals surface area contributed by atoms with Crippen LogP contribution in [0.15, 0.2) is 0 Å². The third kappa shape index (κ3) is 7.26. The van der Waals surface area contributed by atoms with Crippen LogP contribution in [-0.4, -0.2) is 28.1 Å². The maximum atomic E-state index is 11.8. The number of nitrogens with one attached hydrogen (secondary N) is 1. The molecule has 17 heavy (non-hydrogen) atoms. The Bertz CT molecular complexity index is 282. The van der Waals surface area contributed by atoms with Gasteiger partial charge in [-0.1, -0.05) is 18.7 Å². The molecule has 0 saturated carbocycles. The van der Waals surface area contributed by atoms with Crippen LogP contribution in [0.2, 0.25) is 0 Å². The Morgan fingerprint density at radius 1 is 1.18 bits per heavy atom. The molecular weight excluding hydrogens is 238 g/mol. The Labute approximate surface area is 108 Å². The monoisotopic (exact) mass is 261 g/mol. The maximum absolute atomic E-state index is 11.8. The molecule has 0 unspecified atom stereocenters. The van der Waals surface area contributed by atoms with Gasteiger partial charge in [0.1, 0.15) is 11.1 Å². The van der Waals surface area contributed by atoms with Gasteiger partial charge in [-0.05, 0) is 41.0 Å². The molecule has 0 aromatic heterocycles. The van der Waals surface area contributed by atoms with E-state index >= 15 is 0 Å². The van der Waals surface area contributed by atoms with E-state index in [1.165, 1.54) is 11.8 Å². The van der Waals surface area contributed by atoms with Gasteiger partial charge in [0.2, 0.25) is 5.12 Å². The molecule has 0 spiro atoms. The molecule has 0 aliphatic rings. The number of rotatable bonds is 4. The van der Waals surface area contributed by atoms with Gasteiger partial charge in [0.25, 0.3) is 0 Å². The highest BCUT2D eigenvalue weighted by atomic mass is 32.2. The Morgan fingerprint density at radius 3 is 2.12 bits per heavy atom. The largest absolute Gasteiger partial charge is 0.444 e. The van der Waals surface area contributed by atoms with Crippen molar-refractivity contribution < 1.29 is 14.3 Å². The van der Waals surface area contributed by atoms with Gasteiger partial charge >= 0.3 is 6.09 Å². The van der Waals surface area contributed by atoms with Crippen LogP contribution in [0, 0.1) is 0 Å². The third-order valence-electron chi connectivity index (χ3n) is 1.76. The minimum absolute atomic E-state index is 0.0507. The fraction of sp³-hybridized carbons (Fsp3) is 0.833. The molecule has 0 heterocycles. The topological polar surface area (TPSA) is 55.4 Å². The molecule has 4 nitrogen and oxygen atoms in total. The highest BCUT2D eigenvalue weighted by Crippen LogP contribution is 2.17. The summed E-state index contributed by atoms with van der Waals surface area (Å²) in [5.74, 6) is 0.762. The first-order valence-corrected chi connectivity index (χ1v) is 6.75. The van der Waals surface area contributed by atoms with Crippen LogP contribution < -0.4 is 5.32 Å². The van der Waals surface area contributed by atoms with Crippen LogP contribution in [0.1, 0.15) is 48.0 Å². The Morgan fingerprint density at radius 2 is 1.71 bits per heavy atom. The number of ether oxygens (including phenoxy) is 1. The molecule has 1 amide bonds. The predicted molar refractivity (Wildman–Crippen MR) is 71.2 cm³/mol. The average molecular weight is 261 g/mol. The van der Waals surface area contributed by atoms with Crippen molar-refractivity contribution in [2.24, 2.45) is 0 Å². The third-order valence-corrected chi connectivity index (χ3v) is 3.15. The smallest absolute Gasteiger partial charge is 0.408 e. The molecular formula is C12H23NO3S. The van der Waals surface area contributed by atoms with E-state index < -0.39 is 17.2 Å². The van der Waals surface area contributed by atoms with E-state index in [2.05, 4.69) is 5.32 Å². The molecule has 0 radical (unpaired) electrons. The number of hydrogen-bond donors (Lipinski definition) is 1. The van der Waals surface area contributed by atoms with E-state index in [9.17, 15) is 9.59 Å². The van der Waals surface area contributed by atoms with Gasteiger partial charge in [0.15, 0.2) is 0 Å². The van der Waals surface area contributed by atoms with Crippen LogP contribution in [0.4, 0.5) is 4.79 Å². The minimum Gasteiger partial charge on any atom is -0.444 e. The van der Waals surface area contributed by atoms with Crippen LogP contribution in [0.5, 0.6) is 0 Å². The molecule has 0 aromatic rings. The molecule has 100 valence electrons. The summed E-state index contributed by atoms with van der Waals surface area (Å²) in [6.45, 7) is 10.7. The number of carbonyl (C=O) groups is 2. The second kappa shape index (κ2) is 6.28. The van der Waals surface area contributed by atoms with Crippen molar-refractivity contribution in [3.63, 3.8) is 0 Å². The Balaban J connectivity index is 4.33. The zero-order chi connectivity index (χ0) is 13.7.